The maximum atomic E-state index is 14.2. The topological polar surface area (TPSA) is 110 Å². The molecule has 1 saturated heterocycles. The molecule has 0 aliphatic carbocycles. The Balaban J connectivity index is 1.50. The molecule has 4 rings (SSSR count). The third-order valence-electron chi connectivity index (χ3n) is 5.46. The molecule has 1 aliphatic rings. The number of fused-ring (bicyclic) bond motifs is 1. The summed E-state index contributed by atoms with van der Waals surface area (Å²) in [6.45, 7) is -0.163. The van der Waals surface area contributed by atoms with Gasteiger partial charge in [-0.15, -0.1) is 0 Å². The Morgan fingerprint density at radius 2 is 2.00 bits per heavy atom. The molecule has 160 valence electrons. The first-order chi connectivity index (χ1) is 14.9. The lowest BCUT2D eigenvalue weighted by molar-refractivity contribution is -0.122. The van der Waals surface area contributed by atoms with E-state index in [1.54, 1.807) is 42.7 Å². The molecule has 8 nitrogen and oxygen atoms in total. The number of aromatic nitrogens is 2. The van der Waals surface area contributed by atoms with E-state index in [-0.39, 0.29) is 25.2 Å². The van der Waals surface area contributed by atoms with E-state index in [2.05, 4.69) is 10.3 Å². The number of carbonyl (C=O) groups excluding carboxylic acids is 3. The summed E-state index contributed by atoms with van der Waals surface area (Å²) in [4.78, 5) is 42.7. The van der Waals surface area contributed by atoms with Crippen LogP contribution in [0.1, 0.15) is 18.4 Å². The zero-order valence-corrected chi connectivity index (χ0v) is 16.7. The molecule has 3 heterocycles. The fraction of sp³-hybridized carbons (Fsp3) is 0.273. The zero-order chi connectivity index (χ0) is 22.0. The Hall–Kier alpha value is -3.75. The van der Waals surface area contributed by atoms with Crippen LogP contribution in [0.25, 0.3) is 10.9 Å². The number of pyridine rings is 1. The summed E-state index contributed by atoms with van der Waals surface area (Å²) < 4.78 is 15.4. The normalized spacial score (nSPS) is 18.3. The van der Waals surface area contributed by atoms with Gasteiger partial charge in [-0.2, -0.15) is 0 Å². The zero-order valence-electron chi connectivity index (χ0n) is 16.7. The van der Waals surface area contributed by atoms with Crippen molar-refractivity contribution in [3.63, 3.8) is 0 Å². The average Bonchev–Trinajstić information content (AvgIpc) is 3.34. The fourth-order valence-electron chi connectivity index (χ4n) is 3.94. The predicted molar refractivity (Wildman–Crippen MR) is 114 cm³/mol. The van der Waals surface area contributed by atoms with E-state index < -0.39 is 24.3 Å². The van der Waals surface area contributed by atoms with Gasteiger partial charge in [0, 0.05) is 36.8 Å². The van der Waals surface area contributed by atoms with Crippen LogP contribution in [0.15, 0.2) is 55.0 Å². The van der Waals surface area contributed by atoms with E-state index in [9.17, 15) is 18.8 Å². The summed E-state index contributed by atoms with van der Waals surface area (Å²) in [5.74, 6) is -0.196. The first-order valence-corrected chi connectivity index (χ1v) is 9.97. The summed E-state index contributed by atoms with van der Waals surface area (Å²) >= 11 is 0. The molecule has 0 bridgehead atoms. The van der Waals surface area contributed by atoms with Crippen molar-refractivity contribution in [2.45, 2.75) is 31.5 Å². The largest absolute Gasteiger partial charge is 0.351 e. The maximum absolute atomic E-state index is 14.2. The van der Waals surface area contributed by atoms with Gasteiger partial charge in [0.25, 0.3) is 0 Å². The number of alkyl halides is 1. The van der Waals surface area contributed by atoms with Gasteiger partial charge in [-0.05, 0) is 24.1 Å². The molecule has 31 heavy (non-hydrogen) atoms. The van der Waals surface area contributed by atoms with Gasteiger partial charge in [-0.3, -0.25) is 14.3 Å². The lowest BCUT2D eigenvalue weighted by Crippen LogP contribution is -2.43. The molecule has 3 aromatic rings. The molecule has 2 aromatic heterocycles. The van der Waals surface area contributed by atoms with Gasteiger partial charge in [0.2, 0.25) is 0 Å². The number of urea groups is 1. The number of halogens is 1. The number of carbonyl (C=O) groups is 3. The number of likely N-dealkylation sites (tertiary alicyclic amines) is 1. The highest BCUT2D eigenvalue weighted by Gasteiger charge is 2.39. The quantitative estimate of drug-likeness (QED) is 0.657. The third-order valence-corrected chi connectivity index (χ3v) is 5.46. The number of amides is 3. The van der Waals surface area contributed by atoms with Crippen molar-refractivity contribution in [2.24, 2.45) is 5.73 Å². The van der Waals surface area contributed by atoms with Gasteiger partial charge < -0.3 is 16.0 Å². The Morgan fingerprint density at radius 3 is 2.74 bits per heavy atom. The number of nitrogens with one attached hydrogen (secondary N) is 1. The molecular weight excluding hydrogens is 401 g/mol. The fourth-order valence-corrected chi connectivity index (χ4v) is 3.94. The Bertz CT molecular complexity index is 1130. The van der Waals surface area contributed by atoms with Crippen molar-refractivity contribution < 1.29 is 18.8 Å². The van der Waals surface area contributed by atoms with E-state index >= 15 is 0 Å². The van der Waals surface area contributed by atoms with Gasteiger partial charge in [0.1, 0.15) is 6.17 Å². The Labute approximate surface area is 177 Å². The standard InChI is InChI=1S/C22H22FN5O3/c23-15-10-19(20(29)8-7-14-4-3-9-25-11-14)28(12-15)22(31)26-17-13-27(21(24)30)18-6-2-1-5-16(17)18/h1-6,9,11,13,15,19H,7-8,10,12H2,(H2,24,30)(H,26,31)/t15-,19+/m1/s1. The minimum atomic E-state index is -1.27. The number of primary amides is 1. The number of aryl methyl sites for hydroxylation is 1. The Kier molecular flexibility index (Phi) is 5.66. The van der Waals surface area contributed by atoms with Gasteiger partial charge in [0.15, 0.2) is 5.78 Å². The minimum Gasteiger partial charge on any atom is -0.351 e. The first kappa shape index (κ1) is 20.5. The lowest BCUT2D eigenvalue weighted by atomic mass is 10.0. The SMILES string of the molecule is NC(=O)n1cc(NC(=O)N2C[C@H](F)C[C@H]2C(=O)CCc2cccnc2)c2ccccc21. The van der Waals surface area contributed by atoms with Crippen LogP contribution in [0.3, 0.4) is 0 Å². The second-order valence-corrected chi connectivity index (χ2v) is 7.53. The molecule has 2 atom stereocenters. The van der Waals surface area contributed by atoms with Crippen LogP contribution >= 0.6 is 0 Å². The van der Waals surface area contributed by atoms with Crippen molar-refractivity contribution in [3.05, 3.63) is 60.6 Å². The number of Topliss-reactive ketones (excluding diaryl/α,β-unsaturated/α-hetero) is 1. The second-order valence-electron chi connectivity index (χ2n) is 7.53. The molecule has 0 radical (unpaired) electrons. The number of benzene rings is 1. The Morgan fingerprint density at radius 1 is 1.19 bits per heavy atom. The molecule has 1 fully saturated rings. The highest BCUT2D eigenvalue weighted by atomic mass is 19.1. The molecule has 1 aliphatic heterocycles. The molecule has 9 heteroatoms. The van der Waals surface area contributed by atoms with Crippen molar-refractivity contribution in [2.75, 3.05) is 11.9 Å². The van der Waals surface area contributed by atoms with Crippen LogP contribution in [-0.2, 0) is 11.2 Å². The van der Waals surface area contributed by atoms with Crippen LogP contribution in [0.2, 0.25) is 0 Å². The number of hydrogen-bond donors (Lipinski definition) is 2. The maximum Gasteiger partial charge on any atom is 0.323 e. The number of hydrogen-bond acceptors (Lipinski definition) is 4. The second kappa shape index (κ2) is 8.55. The van der Waals surface area contributed by atoms with Crippen molar-refractivity contribution in [1.29, 1.82) is 0 Å². The molecule has 1 aromatic carbocycles. The van der Waals surface area contributed by atoms with Crippen molar-refractivity contribution >= 4 is 34.4 Å². The van der Waals surface area contributed by atoms with E-state index in [1.165, 1.54) is 15.7 Å². The number of nitrogens with zero attached hydrogens (tertiary/aromatic N) is 3. The number of anilines is 1. The van der Waals surface area contributed by atoms with E-state index in [4.69, 9.17) is 5.73 Å². The highest BCUT2D eigenvalue weighted by molar-refractivity contribution is 6.05. The van der Waals surface area contributed by atoms with Gasteiger partial charge >= 0.3 is 12.1 Å². The van der Waals surface area contributed by atoms with Crippen LogP contribution in [0.5, 0.6) is 0 Å². The number of nitrogens with two attached hydrogens (primary N) is 1. The molecule has 3 amide bonds. The van der Waals surface area contributed by atoms with Crippen LogP contribution in [-0.4, -0.2) is 51.1 Å². The lowest BCUT2D eigenvalue weighted by Gasteiger charge is -2.23. The molecule has 0 saturated carbocycles. The van der Waals surface area contributed by atoms with Crippen LogP contribution in [0, 0.1) is 0 Å². The number of rotatable bonds is 5. The first-order valence-electron chi connectivity index (χ1n) is 9.97. The summed E-state index contributed by atoms with van der Waals surface area (Å²) in [5.41, 5.74) is 7.22. The van der Waals surface area contributed by atoms with Crippen LogP contribution < -0.4 is 11.1 Å². The summed E-state index contributed by atoms with van der Waals surface area (Å²) in [6, 6.07) is 8.49. The predicted octanol–water partition coefficient (Wildman–Crippen LogP) is 3.11. The average molecular weight is 423 g/mol. The summed E-state index contributed by atoms with van der Waals surface area (Å²) in [5, 5.41) is 3.33. The van der Waals surface area contributed by atoms with E-state index in [0.29, 0.717) is 23.0 Å². The number of ketones is 1. The van der Waals surface area contributed by atoms with Gasteiger partial charge in [-0.1, -0.05) is 24.3 Å². The monoisotopic (exact) mass is 423 g/mol. The van der Waals surface area contributed by atoms with E-state index in [0.717, 1.165) is 5.56 Å². The summed E-state index contributed by atoms with van der Waals surface area (Å²) in [6.07, 6.45) is 4.12. The molecular formula is C22H22FN5O3. The number of para-hydroxylation sites is 1. The highest BCUT2D eigenvalue weighted by Crippen LogP contribution is 2.28. The van der Waals surface area contributed by atoms with Crippen molar-refractivity contribution in [3.8, 4) is 0 Å². The minimum absolute atomic E-state index is 0.0255. The van der Waals surface area contributed by atoms with Crippen molar-refractivity contribution in [1.82, 2.24) is 14.5 Å². The van der Waals surface area contributed by atoms with E-state index in [1.807, 2.05) is 6.07 Å². The summed E-state index contributed by atoms with van der Waals surface area (Å²) in [7, 11) is 0. The van der Waals surface area contributed by atoms with Crippen LogP contribution in [0.4, 0.5) is 19.7 Å². The molecule has 3 N–H and O–H groups in total. The smallest absolute Gasteiger partial charge is 0.323 e. The van der Waals surface area contributed by atoms with Gasteiger partial charge in [0.05, 0.1) is 23.8 Å². The molecule has 0 spiro atoms. The molecule has 0 unspecified atom stereocenters. The third kappa shape index (κ3) is 4.25. The van der Waals surface area contributed by atoms with Gasteiger partial charge in [-0.25, -0.2) is 14.0 Å².